The molecule has 2 unspecified atom stereocenters. The van der Waals surface area contributed by atoms with Crippen molar-refractivity contribution in [1.82, 2.24) is 10.2 Å². The molecule has 2 aromatic rings. The molecule has 2 aromatic carbocycles. The predicted molar refractivity (Wildman–Crippen MR) is 115 cm³/mol. The van der Waals surface area contributed by atoms with Gasteiger partial charge in [0.05, 0.1) is 18.7 Å². The molecule has 30 heavy (non-hydrogen) atoms. The minimum Gasteiger partial charge on any atom is -0.497 e. The Morgan fingerprint density at radius 1 is 1.23 bits per heavy atom. The van der Waals surface area contributed by atoms with E-state index in [2.05, 4.69) is 5.32 Å². The van der Waals surface area contributed by atoms with Crippen LogP contribution < -0.4 is 14.8 Å². The summed E-state index contributed by atoms with van der Waals surface area (Å²) in [6, 6.07) is 9.38. The van der Waals surface area contributed by atoms with Crippen LogP contribution in [-0.2, 0) is 11.4 Å². The lowest BCUT2D eigenvalue weighted by atomic mass is 9.99. The Morgan fingerprint density at radius 2 is 1.87 bits per heavy atom. The van der Waals surface area contributed by atoms with Gasteiger partial charge in [0.1, 0.15) is 23.9 Å². The highest BCUT2D eigenvalue weighted by Gasteiger charge is 2.24. The molecule has 0 saturated heterocycles. The molecule has 0 fully saturated rings. The van der Waals surface area contributed by atoms with E-state index >= 15 is 0 Å². The van der Waals surface area contributed by atoms with Crippen molar-refractivity contribution in [3.05, 3.63) is 58.4 Å². The minimum absolute atomic E-state index is 0.0508. The maximum atomic E-state index is 14.2. The van der Waals surface area contributed by atoms with Gasteiger partial charge in [0, 0.05) is 24.2 Å². The molecule has 164 valence electrons. The van der Waals surface area contributed by atoms with Crippen LogP contribution in [0, 0.1) is 5.82 Å². The number of halogens is 2. The van der Waals surface area contributed by atoms with Crippen molar-refractivity contribution in [1.29, 1.82) is 0 Å². The average molecular weight is 439 g/mol. The number of nitrogens with zero attached hydrogens (tertiary/aromatic N) is 1. The first-order valence-electron chi connectivity index (χ1n) is 9.62. The Hall–Kier alpha value is -2.35. The van der Waals surface area contributed by atoms with Crippen molar-refractivity contribution in [3.8, 4) is 11.5 Å². The van der Waals surface area contributed by atoms with E-state index in [9.17, 15) is 14.3 Å². The fraction of sp³-hybridized carbons (Fsp3) is 0.409. The van der Waals surface area contributed by atoms with E-state index in [0.29, 0.717) is 29.2 Å². The number of hydrogen-bond acceptors (Lipinski definition) is 5. The SMILES string of the molecule is CNC(C)CN(CC(=O)O)C(C)c1cc(F)cc(Cl)c1COc1ccc(OC)cc1. The van der Waals surface area contributed by atoms with E-state index < -0.39 is 11.8 Å². The zero-order valence-corrected chi connectivity index (χ0v) is 18.4. The van der Waals surface area contributed by atoms with Crippen LogP contribution in [0.25, 0.3) is 0 Å². The number of hydrogen-bond donors (Lipinski definition) is 2. The molecule has 0 amide bonds. The monoisotopic (exact) mass is 438 g/mol. The van der Waals surface area contributed by atoms with Gasteiger partial charge in [-0.25, -0.2) is 4.39 Å². The van der Waals surface area contributed by atoms with Gasteiger partial charge in [0.2, 0.25) is 0 Å². The van der Waals surface area contributed by atoms with E-state index in [1.165, 1.54) is 12.1 Å². The van der Waals surface area contributed by atoms with Gasteiger partial charge < -0.3 is 19.9 Å². The second-order valence-electron chi connectivity index (χ2n) is 7.11. The van der Waals surface area contributed by atoms with Crippen molar-refractivity contribution in [3.63, 3.8) is 0 Å². The van der Waals surface area contributed by atoms with Crippen molar-refractivity contribution >= 4 is 17.6 Å². The molecule has 2 rings (SSSR count). The molecule has 0 heterocycles. The van der Waals surface area contributed by atoms with Crippen molar-refractivity contribution in [2.45, 2.75) is 32.5 Å². The van der Waals surface area contributed by atoms with Gasteiger partial charge in [-0.15, -0.1) is 0 Å². The van der Waals surface area contributed by atoms with E-state index in [1.54, 1.807) is 36.3 Å². The van der Waals surface area contributed by atoms with Gasteiger partial charge >= 0.3 is 5.97 Å². The Labute approximate surface area is 181 Å². The third kappa shape index (κ3) is 6.58. The molecule has 0 saturated carbocycles. The number of aliphatic carboxylic acids is 1. The molecular weight excluding hydrogens is 411 g/mol. The Kier molecular flexibility index (Phi) is 8.89. The van der Waals surface area contributed by atoms with E-state index in [1.807, 2.05) is 20.9 Å². The zero-order valence-electron chi connectivity index (χ0n) is 17.6. The molecule has 2 N–H and O–H groups in total. The quantitative estimate of drug-likeness (QED) is 0.550. The number of carboxylic acid groups (broad SMARTS) is 1. The highest BCUT2D eigenvalue weighted by atomic mass is 35.5. The van der Waals surface area contributed by atoms with Crippen molar-refractivity contribution in [2.24, 2.45) is 0 Å². The highest BCUT2D eigenvalue weighted by Crippen LogP contribution is 2.31. The van der Waals surface area contributed by atoms with E-state index in [4.69, 9.17) is 21.1 Å². The third-order valence-electron chi connectivity index (χ3n) is 4.97. The molecule has 0 aromatic heterocycles. The molecule has 0 aliphatic rings. The lowest BCUT2D eigenvalue weighted by molar-refractivity contribution is -0.139. The Bertz CT molecular complexity index is 848. The van der Waals surface area contributed by atoms with E-state index in [-0.39, 0.29) is 30.3 Å². The fourth-order valence-corrected chi connectivity index (χ4v) is 3.42. The molecule has 0 spiro atoms. The van der Waals surface area contributed by atoms with Crippen LogP contribution in [0.5, 0.6) is 11.5 Å². The first-order valence-corrected chi connectivity index (χ1v) is 10.0. The maximum Gasteiger partial charge on any atom is 0.317 e. The lowest BCUT2D eigenvalue weighted by Crippen LogP contribution is -2.41. The van der Waals surface area contributed by atoms with Crippen LogP contribution >= 0.6 is 11.6 Å². The topological polar surface area (TPSA) is 71.0 Å². The molecule has 0 radical (unpaired) electrons. The summed E-state index contributed by atoms with van der Waals surface area (Å²) < 4.78 is 25.2. The molecule has 6 nitrogen and oxygen atoms in total. The molecule has 0 aliphatic heterocycles. The average Bonchev–Trinajstić information content (AvgIpc) is 2.71. The lowest BCUT2D eigenvalue weighted by Gasteiger charge is -2.31. The normalized spacial score (nSPS) is 13.2. The summed E-state index contributed by atoms with van der Waals surface area (Å²) in [5.41, 5.74) is 1.21. The molecular formula is C22H28ClFN2O4. The van der Waals surface area contributed by atoms with Crippen molar-refractivity contribution in [2.75, 3.05) is 27.2 Å². The molecule has 8 heteroatoms. The molecule has 0 aliphatic carbocycles. The van der Waals surface area contributed by atoms with Crippen LogP contribution in [0.3, 0.4) is 0 Å². The first kappa shape index (κ1) is 23.9. The van der Waals surface area contributed by atoms with Gasteiger partial charge in [0.25, 0.3) is 0 Å². The third-order valence-corrected chi connectivity index (χ3v) is 5.31. The fourth-order valence-electron chi connectivity index (χ4n) is 3.15. The standard InChI is InChI=1S/C22H28ClFN2O4/c1-14(25-3)11-26(12-22(27)28)15(2)19-9-16(24)10-21(23)20(19)13-30-18-7-5-17(29-4)6-8-18/h5-10,14-15,25H,11-13H2,1-4H3,(H,27,28). The second kappa shape index (κ2) is 11.2. The predicted octanol–water partition coefficient (Wildman–Crippen LogP) is 4.12. The van der Waals surface area contributed by atoms with Crippen molar-refractivity contribution < 1.29 is 23.8 Å². The van der Waals surface area contributed by atoms with Crippen LogP contribution in [0.2, 0.25) is 5.02 Å². The number of ether oxygens (including phenoxy) is 2. The number of likely N-dealkylation sites (N-methyl/N-ethyl adjacent to an activating group) is 1. The van der Waals surface area contributed by atoms with Gasteiger partial charge in [-0.3, -0.25) is 9.69 Å². The van der Waals surface area contributed by atoms with Crippen LogP contribution in [0.1, 0.15) is 31.0 Å². The zero-order chi connectivity index (χ0) is 22.3. The summed E-state index contributed by atoms with van der Waals surface area (Å²) in [6.45, 7) is 4.20. The number of methoxy groups -OCH3 is 1. The number of rotatable bonds is 11. The summed E-state index contributed by atoms with van der Waals surface area (Å²) in [4.78, 5) is 13.2. The Morgan fingerprint density at radius 3 is 2.43 bits per heavy atom. The first-order chi connectivity index (χ1) is 14.2. The number of carboxylic acids is 1. The summed E-state index contributed by atoms with van der Waals surface area (Å²) in [5, 5.41) is 12.7. The molecule has 2 atom stereocenters. The number of carbonyl (C=O) groups is 1. The van der Waals surface area contributed by atoms with Gasteiger partial charge in [0.15, 0.2) is 0 Å². The van der Waals surface area contributed by atoms with Gasteiger partial charge in [-0.1, -0.05) is 11.6 Å². The second-order valence-corrected chi connectivity index (χ2v) is 7.52. The van der Waals surface area contributed by atoms with Gasteiger partial charge in [-0.05, 0) is 62.9 Å². The summed E-state index contributed by atoms with van der Waals surface area (Å²) in [6.07, 6.45) is 0. The van der Waals surface area contributed by atoms with Gasteiger partial charge in [-0.2, -0.15) is 0 Å². The van der Waals surface area contributed by atoms with Crippen LogP contribution in [0.15, 0.2) is 36.4 Å². The van der Waals surface area contributed by atoms with Crippen LogP contribution in [-0.4, -0.2) is 49.3 Å². The minimum atomic E-state index is -0.955. The largest absolute Gasteiger partial charge is 0.497 e. The molecule has 0 bridgehead atoms. The summed E-state index contributed by atoms with van der Waals surface area (Å²) >= 11 is 6.35. The highest BCUT2D eigenvalue weighted by molar-refractivity contribution is 6.31. The maximum absolute atomic E-state index is 14.2. The Balaban J connectivity index is 2.31. The number of benzene rings is 2. The van der Waals surface area contributed by atoms with E-state index in [0.717, 1.165) is 0 Å². The smallest absolute Gasteiger partial charge is 0.317 e. The summed E-state index contributed by atoms with van der Waals surface area (Å²) in [5.74, 6) is -0.115. The number of nitrogens with one attached hydrogen (secondary N) is 1. The van der Waals surface area contributed by atoms with Crippen LogP contribution in [0.4, 0.5) is 4.39 Å². The summed E-state index contributed by atoms with van der Waals surface area (Å²) in [7, 11) is 3.39.